The van der Waals surface area contributed by atoms with Gasteiger partial charge in [-0.2, -0.15) is 10.5 Å². The van der Waals surface area contributed by atoms with Crippen molar-refractivity contribution in [3.8, 4) is 0 Å². The average molecular weight is 1860 g/mol. The van der Waals surface area contributed by atoms with E-state index in [2.05, 4.69) is 354 Å². The Bertz CT molecular complexity index is 2750. The molecule has 0 spiro atoms. The van der Waals surface area contributed by atoms with E-state index in [1.165, 1.54) is 284 Å². The standard InChI is InChI=1S/C11H23N.3C10H21N.C9H20N2.C9H19NO.C9H19NS.3C9H19N.C8H17NO2S.C8H17N/c1-9-6-10(2)8-12(7-9)11(3,4)5;2*1-9-5-7-11(8-6-9)10(2,3)4;1-10(2,3)11-8-6-4-5-7-9-11;1-9(2,3)11-7-5-10(4)6-8-11;1-9(2,3)10-6-4-5-8(11)7-10;1-9(2,3)10-5-7-11(4)8-6-10;3*1-9(2,3)10-7-5-4-6-8-10;1-8(2,3)9-4-6-12(10,11)7-5-9;1-8(2,3)9-6-4-5-7-9/h9-10H,6-8H2,1-5H3;2*9H,5-8H2,1-4H3;4-9H2,1-3H3;5-8H2,1-4H3;8,11H,4-7H2,1-3H3;4-8H2,1-3H3;3*4-8H2,1-3H3;4-7H2,1-3H3;4-7H2,1-3H3/t9-,10+;;;;;;;;;;;. The predicted molar refractivity (Wildman–Crippen MR) is 581 cm³/mol. The van der Waals surface area contributed by atoms with Crippen molar-refractivity contribution in [3.63, 3.8) is 0 Å². The molecule has 1 N–H and O–H groups in total. The molecule has 0 aromatic heterocycles. The molecule has 12 aliphatic heterocycles. The van der Waals surface area contributed by atoms with Crippen molar-refractivity contribution in [2.75, 3.05) is 200 Å². The Hall–Kier alpha value is -0.390. The summed E-state index contributed by atoms with van der Waals surface area (Å²) in [5, 5.41) is 9.40. The van der Waals surface area contributed by atoms with Gasteiger partial charge in [0.05, 0.1) is 17.6 Å². The number of hydrogen-bond donors (Lipinski definition) is 1. The van der Waals surface area contributed by atoms with Gasteiger partial charge in [0.25, 0.3) is 0 Å². The van der Waals surface area contributed by atoms with Gasteiger partial charge >= 0.3 is 0 Å². The highest BCUT2D eigenvalue weighted by Crippen LogP contribution is 2.31. The van der Waals surface area contributed by atoms with Crippen molar-refractivity contribution >= 4 is 26.2 Å². The highest BCUT2D eigenvalue weighted by molar-refractivity contribution is 8.14. The molecule has 12 heterocycles. The van der Waals surface area contributed by atoms with Gasteiger partial charge in [0.1, 0.15) is 0 Å². The Morgan fingerprint density at radius 1 is 0.233 bits per heavy atom. The van der Waals surface area contributed by atoms with Crippen molar-refractivity contribution in [3.05, 3.63) is 0 Å². The zero-order valence-electron chi connectivity index (χ0n) is 95.3. The Balaban J connectivity index is 0.000000704. The van der Waals surface area contributed by atoms with Crippen LogP contribution in [0.5, 0.6) is 0 Å². The first-order chi connectivity index (χ1) is 58.7. The third kappa shape index (κ3) is 58.4. The lowest BCUT2D eigenvalue weighted by atomic mass is 9.88. The molecule has 774 valence electrons. The Morgan fingerprint density at radius 2 is 0.434 bits per heavy atom. The molecule has 12 rings (SSSR count). The first kappa shape index (κ1) is 127. The smallest absolute Gasteiger partial charge is 0.152 e. The molecule has 0 bridgehead atoms. The number of rotatable bonds is 0. The van der Waals surface area contributed by atoms with Crippen LogP contribution in [0, 0.1) is 23.7 Å². The van der Waals surface area contributed by atoms with E-state index in [0.29, 0.717) is 90.5 Å². The molecule has 3 atom stereocenters. The monoisotopic (exact) mass is 1860 g/mol. The summed E-state index contributed by atoms with van der Waals surface area (Å²) in [4.78, 5) is 32.8. The van der Waals surface area contributed by atoms with Gasteiger partial charge < -0.3 is 10.0 Å². The summed E-state index contributed by atoms with van der Waals surface area (Å²) >= 11 is 0. The number of likely N-dealkylation sites (N-methyl/N-ethyl adjacent to an activating group) is 1. The van der Waals surface area contributed by atoms with Crippen LogP contribution in [0.1, 0.15) is 418 Å². The first-order valence-corrected chi connectivity index (χ1v) is 57.3. The van der Waals surface area contributed by atoms with Crippen molar-refractivity contribution < 1.29 is 13.5 Å². The van der Waals surface area contributed by atoms with Crippen LogP contribution in [0.25, 0.3) is 0 Å². The van der Waals surface area contributed by atoms with Crippen molar-refractivity contribution in [1.29, 1.82) is 0 Å². The second-order valence-corrected chi connectivity index (χ2v) is 58.0. The number of aliphatic hydroxyl groups excluding tert-OH is 1. The molecular formula is C111H235N13O3S2. The lowest BCUT2D eigenvalue weighted by Crippen LogP contribution is -2.52. The molecule has 16 nitrogen and oxygen atoms in total. The lowest BCUT2D eigenvalue weighted by Gasteiger charge is -2.43. The largest absolute Gasteiger partial charge is 0.392 e. The van der Waals surface area contributed by atoms with E-state index in [1.807, 2.05) is 0 Å². The van der Waals surface area contributed by atoms with E-state index in [4.69, 9.17) is 0 Å². The van der Waals surface area contributed by atoms with E-state index in [1.54, 1.807) is 0 Å². The molecule has 12 aliphatic rings. The summed E-state index contributed by atoms with van der Waals surface area (Å²) in [5.74, 6) is 11.0. The van der Waals surface area contributed by atoms with Crippen LogP contribution in [-0.2, 0) is 9.84 Å². The van der Waals surface area contributed by atoms with Gasteiger partial charge in [-0.3, -0.25) is 58.8 Å². The van der Waals surface area contributed by atoms with Crippen molar-refractivity contribution in [2.24, 2.45) is 23.7 Å². The fourth-order valence-corrected chi connectivity index (χ4v) is 21.5. The molecule has 129 heavy (non-hydrogen) atoms. The molecule has 0 amide bonds. The third-order valence-electron chi connectivity index (χ3n) is 29.1. The zero-order chi connectivity index (χ0) is 99.2. The number of β-amino-alcohol motifs (C(OH)–C–C–N with tert-alkyl or cyclic N) is 1. The maximum atomic E-state index is 11.1. The van der Waals surface area contributed by atoms with Gasteiger partial charge in [-0.05, 0) is 487 Å². The van der Waals surface area contributed by atoms with Crippen LogP contribution in [0.15, 0.2) is 0 Å². The molecule has 0 aliphatic carbocycles. The molecular weight excluding hydrogens is 1630 g/mol. The summed E-state index contributed by atoms with van der Waals surface area (Å²) in [6.45, 7) is 123. The molecule has 12 fully saturated rings. The van der Waals surface area contributed by atoms with Gasteiger partial charge in [0.2, 0.25) is 0 Å². The Labute approximate surface area is 812 Å². The van der Waals surface area contributed by atoms with Crippen LogP contribution in [-0.4, -0.2) is 356 Å². The fourth-order valence-electron chi connectivity index (χ4n) is 19.2. The van der Waals surface area contributed by atoms with Crippen LogP contribution in [0.3, 0.4) is 0 Å². The number of piperidine rings is 7. The first-order valence-electron chi connectivity index (χ1n) is 53.8. The zero-order valence-corrected chi connectivity index (χ0v) is 96.9. The average Bonchev–Trinajstić information content (AvgIpc) is 1.76. The van der Waals surface area contributed by atoms with E-state index in [-0.39, 0.29) is 17.2 Å². The number of nitrogens with zero attached hydrogens (tertiary/aromatic N) is 13. The van der Waals surface area contributed by atoms with Crippen LogP contribution in [0.2, 0.25) is 0 Å². The van der Waals surface area contributed by atoms with E-state index < -0.39 is 9.84 Å². The van der Waals surface area contributed by atoms with Crippen molar-refractivity contribution in [1.82, 2.24) is 63.7 Å². The minimum atomic E-state index is -2.72. The summed E-state index contributed by atoms with van der Waals surface area (Å²) < 4.78 is 22.2. The number of hydrogen-bond acceptors (Lipinski definition) is 16. The topological polar surface area (TPSA) is 96.5 Å². The van der Waals surface area contributed by atoms with Crippen LogP contribution in [0.4, 0.5) is 0 Å². The maximum Gasteiger partial charge on any atom is 0.152 e. The highest BCUT2D eigenvalue weighted by atomic mass is 32.2. The van der Waals surface area contributed by atoms with Gasteiger partial charge in [0, 0.05) is 150 Å². The van der Waals surface area contributed by atoms with Crippen LogP contribution < -0.4 is 0 Å². The predicted octanol–water partition coefficient (Wildman–Crippen LogP) is 23.7. The molecule has 0 saturated carbocycles. The number of piperazine rings is 1. The fraction of sp³-hybridized carbons (Fsp3) is 0.991. The SMILES string of the molecule is C=S1CCN(C(C)(C)C)CC1.CC(C)(C)N1CCCC(O)C1.CC(C)(C)N1CCCC1.CC(C)(C)N1CCCCC1.CC(C)(C)N1CCCCC1.CC(C)(C)N1CCCCC1.CC(C)(C)N1CCCCCC1.CC(C)(C)N1CCS(=O)(=O)CC1.CC1CCN(C(C)(C)C)CC1.CC1CCN(C(C)(C)C)CC1.CN1CCN(C(C)(C)C)CC1.C[C@@H]1C[C@H](C)CN(C(C)(C)C)C1. The summed E-state index contributed by atoms with van der Waals surface area (Å²) in [5.41, 5.74) is 4.22. The lowest BCUT2D eigenvalue weighted by molar-refractivity contribution is 0.0224. The minimum Gasteiger partial charge on any atom is -0.392 e. The van der Waals surface area contributed by atoms with E-state index in [0.717, 1.165) is 49.6 Å². The number of likely N-dealkylation sites (tertiary alicyclic amines) is 9. The molecule has 12 saturated heterocycles. The summed E-state index contributed by atoms with van der Waals surface area (Å²) in [6.07, 6.45) is 30.2. The second-order valence-electron chi connectivity index (χ2n) is 53.7. The van der Waals surface area contributed by atoms with Crippen LogP contribution >= 0.6 is 10.5 Å². The Morgan fingerprint density at radius 3 is 0.667 bits per heavy atom. The quantitative estimate of drug-likeness (QED) is 0.233. The second kappa shape index (κ2) is 58.7. The van der Waals surface area contributed by atoms with E-state index >= 15 is 0 Å². The molecule has 1 unspecified atom stereocenters. The minimum absolute atomic E-state index is 0.0945. The normalized spacial score (nSPS) is 25.1. The van der Waals surface area contributed by atoms with Gasteiger partial charge in [-0.25, -0.2) is 8.42 Å². The molecule has 0 aromatic rings. The van der Waals surface area contributed by atoms with Gasteiger partial charge in [-0.1, -0.05) is 65.7 Å². The molecule has 0 aromatic carbocycles. The summed E-state index contributed by atoms with van der Waals surface area (Å²) in [7, 11) is -0.0605. The number of aliphatic hydroxyl groups is 1. The van der Waals surface area contributed by atoms with Gasteiger partial charge in [0.15, 0.2) is 9.84 Å². The Kier molecular flexibility index (Phi) is 57.7. The van der Waals surface area contributed by atoms with E-state index in [9.17, 15) is 13.5 Å². The molecule has 18 heteroatoms. The van der Waals surface area contributed by atoms with Crippen molar-refractivity contribution in [2.45, 2.75) is 491 Å². The third-order valence-corrected chi connectivity index (χ3v) is 32.3. The number of sulfone groups is 1. The maximum absolute atomic E-state index is 11.1. The van der Waals surface area contributed by atoms with Gasteiger partial charge in [-0.15, -0.1) is 0 Å². The summed E-state index contributed by atoms with van der Waals surface area (Å²) in [6, 6.07) is 0. The molecule has 0 radical (unpaired) electrons. The highest BCUT2D eigenvalue weighted by Gasteiger charge is 2.35.